The van der Waals surface area contributed by atoms with Crippen molar-refractivity contribution in [3.05, 3.63) is 30.1 Å². The molecular formula is C10H13NO3. The van der Waals surface area contributed by atoms with E-state index in [9.17, 15) is 9.59 Å². The molecule has 0 unspecified atom stereocenters. The van der Waals surface area contributed by atoms with Crippen LogP contribution < -0.4 is 0 Å². The molecule has 0 aliphatic heterocycles. The molecule has 0 saturated carbocycles. The molecule has 0 bridgehead atoms. The van der Waals surface area contributed by atoms with Gasteiger partial charge in [-0.3, -0.25) is 14.6 Å². The van der Waals surface area contributed by atoms with Crippen molar-refractivity contribution in [3.8, 4) is 0 Å². The van der Waals surface area contributed by atoms with Gasteiger partial charge < -0.3 is 4.74 Å². The van der Waals surface area contributed by atoms with Crippen molar-refractivity contribution in [1.82, 2.24) is 4.98 Å². The van der Waals surface area contributed by atoms with Gasteiger partial charge in [0.05, 0.1) is 0 Å². The van der Waals surface area contributed by atoms with Crippen LogP contribution >= 0.6 is 0 Å². The third-order valence-corrected chi connectivity index (χ3v) is 1.10. The summed E-state index contributed by atoms with van der Waals surface area (Å²) in [5.74, 6) is -1.12. The molecule has 0 radical (unpaired) electrons. The number of carbonyl (C=O) groups excluding carboxylic acids is 2. The summed E-state index contributed by atoms with van der Waals surface area (Å²) in [6.07, 6.45) is 1.79. The smallest absolute Gasteiger partial charge is 0.310 e. The first-order chi connectivity index (χ1) is 6.52. The number of hydrogen-bond acceptors (Lipinski definition) is 4. The third-order valence-electron chi connectivity index (χ3n) is 1.10. The minimum atomic E-state index is -0.562. The molecule has 1 aromatic rings. The predicted molar refractivity (Wildman–Crippen MR) is 51.4 cm³/mol. The molecule has 1 heterocycles. The van der Waals surface area contributed by atoms with Crippen LogP contribution in [0.15, 0.2) is 24.4 Å². The van der Waals surface area contributed by atoms with E-state index >= 15 is 0 Å². The fourth-order valence-corrected chi connectivity index (χ4v) is 0.651. The molecule has 0 aliphatic carbocycles. The van der Waals surface area contributed by atoms with Crippen LogP contribution in [0, 0.1) is 6.92 Å². The summed E-state index contributed by atoms with van der Waals surface area (Å²) in [4.78, 5) is 23.6. The minimum absolute atomic E-state index is 0.562. The Labute approximate surface area is 82.9 Å². The summed E-state index contributed by atoms with van der Waals surface area (Å²) in [7, 11) is 0. The molecular weight excluding hydrogens is 182 g/mol. The lowest BCUT2D eigenvalue weighted by molar-refractivity contribution is -0.156. The van der Waals surface area contributed by atoms with Crippen LogP contribution in [0.25, 0.3) is 0 Å². The van der Waals surface area contributed by atoms with Crippen LogP contribution in [0.5, 0.6) is 0 Å². The van der Waals surface area contributed by atoms with Crippen LogP contribution in [-0.4, -0.2) is 16.9 Å². The molecule has 0 amide bonds. The highest BCUT2D eigenvalue weighted by molar-refractivity contribution is 5.82. The molecule has 0 saturated heterocycles. The monoisotopic (exact) mass is 195 g/mol. The predicted octanol–water partition coefficient (Wildman–Crippen LogP) is 1.49. The lowest BCUT2D eigenvalue weighted by Crippen LogP contribution is -2.03. The summed E-state index contributed by atoms with van der Waals surface area (Å²) >= 11 is 0. The number of rotatable bonds is 0. The summed E-state index contributed by atoms with van der Waals surface area (Å²) in [5, 5.41) is 0. The molecule has 0 aliphatic rings. The molecule has 0 fully saturated rings. The van der Waals surface area contributed by atoms with Gasteiger partial charge in [0.2, 0.25) is 0 Å². The molecule has 4 heteroatoms. The minimum Gasteiger partial charge on any atom is -0.394 e. The normalized spacial score (nSPS) is 8.21. The van der Waals surface area contributed by atoms with Crippen LogP contribution in [-0.2, 0) is 14.3 Å². The van der Waals surface area contributed by atoms with Gasteiger partial charge in [-0.1, -0.05) is 6.07 Å². The summed E-state index contributed by atoms with van der Waals surface area (Å²) in [6.45, 7) is 4.34. The number of pyridine rings is 1. The van der Waals surface area contributed by atoms with E-state index in [1.165, 1.54) is 13.8 Å². The maximum Gasteiger partial charge on any atom is 0.310 e. The van der Waals surface area contributed by atoms with Crippen LogP contribution in [0.2, 0.25) is 0 Å². The number of ether oxygens (including phenoxy) is 1. The topological polar surface area (TPSA) is 56.3 Å². The first kappa shape index (κ1) is 12.3. The van der Waals surface area contributed by atoms with Crippen molar-refractivity contribution in [1.29, 1.82) is 0 Å². The Hall–Kier alpha value is -1.71. The van der Waals surface area contributed by atoms with E-state index in [2.05, 4.69) is 9.72 Å². The van der Waals surface area contributed by atoms with Gasteiger partial charge in [0.1, 0.15) is 0 Å². The summed E-state index contributed by atoms with van der Waals surface area (Å²) in [5.41, 5.74) is 1.07. The Kier molecular flexibility index (Phi) is 5.94. The molecule has 1 aromatic heterocycles. The highest BCUT2D eigenvalue weighted by atomic mass is 16.6. The molecule has 76 valence electrons. The third kappa shape index (κ3) is 8.39. The second-order valence-corrected chi connectivity index (χ2v) is 2.56. The number of hydrogen-bond donors (Lipinski definition) is 0. The second-order valence-electron chi connectivity index (χ2n) is 2.56. The molecule has 0 N–H and O–H groups in total. The zero-order chi connectivity index (χ0) is 11.0. The average Bonchev–Trinajstić information content (AvgIpc) is 2.03. The van der Waals surface area contributed by atoms with E-state index in [0.717, 1.165) is 5.69 Å². The van der Waals surface area contributed by atoms with Gasteiger partial charge in [-0.05, 0) is 19.1 Å². The molecule has 0 atom stereocenters. The molecule has 1 rings (SSSR count). The van der Waals surface area contributed by atoms with E-state index in [-0.39, 0.29) is 0 Å². The van der Waals surface area contributed by atoms with Crippen molar-refractivity contribution in [2.75, 3.05) is 0 Å². The van der Waals surface area contributed by atoms with Crippen molar-refractivity contribution in [2.24, 2.45) is 0 Å². The Morgan fingerprint density at radius 2 is 1.79 bits per heavy atom. The van der Waals surface area contributed by atoms with Crippen LogP contribution in [0.3, 0.4) is 0 Å². The standard InChI is InChI=1S/C6H7N.C4H6O3/c1-6-4-2-3-5-7-6;1-3(5)7-4(2)6/h2-5H,1H3;1-2H3. The molecule has 0 spiro atoms. The van der Waals surface area contributed by atoms with Gasteiger partial charge in [-0.15, -0.1) is 0 Å². The number of aromatic nitrogens is 1. The Bertz CT molecular complexity index is 283. The van der Waals surface area contributed by atoms with Gasteiger partial charge in [-0.2, -0.15) is 0 Å². The van der Waals surface area contributed by atoms with Gasteiger partial charge in [0.25, 0.3) is 0 Å². The highest BCUT2D eigenvalue weighted by Gasteiger charge is 1.93. The van der Waals surface area contributed by atoms with Crippen molar-refractivity contribution in [3.63, 3.8) is 0 Å². The fraction of sp³-hybridized carbons (Fsp3) is 0.300. The maximum absolute atomic E-state index is 9.81. The van der Waals surface area contributed by atoms with Crippen LogP contribution in [0.1, 0.15) is 19.5 Å². The fourth-order valence-electron chi connectivity index (χ4n) is 0.651. The van der Waals surface area contributed by atoms with Gasteiger partial charge in [0, 0.05) is 25.7 Å². The highest BCUT2D eigenvalue weighted by Crippen LogP contribution is 1.86. The van der Waals surface area contributed by atoms with Gasteiger partial charge >= 0.3 is 11.9 Å². The number of esters is 2. The quantitative estimate of drug-likeness (QED) is 0.465. The lowest BCUT2D eigenvalue weighted by Gasteiger charge is -1.87. The van der Waals surface area contributed by atoms with E-state index < -0.39 is 11.9 Å². The zero-order valence-corrected chi connectivity index (χ0v) is 8.48. The second kappa shape index (κ2) is 6.77. The first-order valence-corrected chi connectivity index (χ1v) is 4.09. The Morgan fingerprint density at radius 1 is 1.21 bits per heavy atom. The Balaban J connectivity index is 0.000000241. The molecule has 4 nitrogen and oxygen atoms in total. The largest absolute Gasteiger partial charge is 0.394 e. The maximum atomic E-state index is 9.81. The number of carbonyl (C=O) groups is 2. The lowest BCUT2D eigenvalue weighted by atomic mass is 10.4. The Morgan fingerprint density at radius 3 is 1.93 bits per heavy atom. The van der Waals surface area contributed by atoms with E-state index in [0.29, 0.717) is 0 Å². The van der Waals surface area contributed by atoms with E-state index in [4.69, 9.17) is 0 Å². The van der Waals surface area contributed by atoms with Gasteiger partial charge in [-0.25, -0.2) is 0 Å². The summed E-state index contributed by atoms with van der Waals surface area (Å²) < 4.78 is 3.97. The number of aryl methyl sites for hydroxylation is 1. The number of nitrogens with zero attached hydrogens (tertiary/aromatic N) is 1. The SMILES string of the molecule is CC(=O)OC(C)=O.Cc1ccccn1. The van der Waals surface area contributed by atoms with Crippen LogP contribution in [0.4, 0.5) is 0 Å². The van der Waals surface area contributed by atoms with Crippen molar-refractivity contribution in [2.45, 2.75) is 20.8 Å². The average molecular weight is 195 g/mol. The molecule has 14 heavy (non-hydrogen) atoms. The van der Waals surface area contributed by atoms with Crippen molar-refractivity contribution >= 4 is 11.9 Å². The molecule has 0 aromatic carbocycles. The van der Waals surface area contributed by atoms with E-state index in [1.54, 1.807) is 6.20 Å². The zero-order valence-electron chi connectivity index (χ0n) is 8.48. The van der Waals surface area contributed by atoms with E-state index in [1.807, 2.05) is 25.1 Å². The first-order valence-electron chi connectivity index (χ1n) is 4.09. The van der Waals surface area contributed by atoms with Gasteiger partial charge in [0.15, 0.2) is 0 Å². The summed E-state index contributed by atoms with van der Waals surface area (Å²) in [6, 6.07) is 5.86. The van der Waals surface area contributed by atoms with Crippen molar-refractivity contribution < 1.29 is 14.3 Å².